The Morgan fingerprint density at radius 2 is 1.76 bits per heavy atom. The third-order valence-corrected chi connectivity index (χ3v) is 6.96. The summed E-state index contributed by atoms with van der Waals surface area (Å²) in [6, 6.07) is 13.8. The predicted molar refractivity (Wildman–Crippen MR) is 135 cm³/mol. The molecule has 0 radical (unpaired) electrons. The van der Waals surface area contributed by atoms with Gasteiger partial charge in [0.2, 0.25) is 0 Å². The number of nitrogens with zero attached hydrogens (tertiary/aromatic N) is 1. The molecule has 3 N–H and O–H groups in total. The molecule has 4 rings (SSSR count). The van der Waals surface area contributed by atoms with Gasteiger partial charge in [0.15, 0.2) is 0 Å². The molecule has 7 nitrogen and oxygen atoms in total. The van der Waals surface area contributed by atoms with Gasteiger partial charge in [-0.3, -0.25) is 4.79 Å². The Kier molecular flexibility index (Phi) is 7.73. The monoisotopic (exact) mass is 465 g/mol. The van der Waals surface area contributed by atoms with Gasteiger partial charge in [0.25, 0.3) is 0 Å². The number of aliphatic carboxylic acids is 1. The number of rotatable bonds is 9. The molecule has 2 fully saturated rings. The number of carbonyl (C=O) groups excluding carboxylic acids is 1. The van der Waals surface area contributed by atoms with E-state index in [1.807, 2.05) is 43.3 Å². The van der Waals surface area contributed by atoms with Gasteiger partial charge in [0, 0.05) is 31.5 Å². The molecule has 2 aliphatic rings. The number of nitrogens with one attached hydrogen (secondary N) is 2. The zero-order valence-corrected chi connectivity index (χ0v) is 20.0. The Hall–Kier alpha value is -3.06. The summed E-state index contributed by atoms with van der Waals surface area (Å²) < 4.78 is 5.56. The Morgan fingerprint density at radius 3 is 2.41 bits per heavy atom. The van der Waals surface area contributed by atoms with Crippen LogP contribution < -0.4 is 15.5 Å². The van der Waals surface area contributed by atoms with Gasteiger partial charge >= 0.3 is 12.0 Å². The quantitative estimate of drug-likeness (QED) is 0.448. The van der Waals surface area contributed by atoms with Gasteiger partial charge in [0.05, 0.1) is 17.8 Å². The van der Waals surface area contributed by atoms with E-state index in [0.717, 1.165) is 67.9 Å². The van der Waals surface area contributed by atoms with E-state index in [0.29, 0.717) is 17.6 Å². The van der Waals surface area contributed by atoms with Crippen LogP contribution in [0.5, 0.6) is 0 Å². The molecule has 7 heteroatoms. The van der Waals surface area contributed by atoms with E-state index in [-0.39, 0.29) is 18.4 Å². The molecule has 2 amide bonds. The zero-order chi connectivity index (χ0) is 24.1. The molecule has 1 saturated heterocycles. The summed E-state index contributed by atoms with van der Waals surface area (Å²) in [5.74, 6) is -0.428. The Labute approximate surface area is 201 Å². The van der Waals surface area contributed by atoms with Crippen LogP contribution >= 0.6 is 0 Å². The number of ether oxygens (including phenoxy) is 1. The van der Waals surface area contributed by atoms with E-state index in [1.165, 1.54) is 0 Å². The van der Waals surface area contributed by atoms with Crippen LogP contribution in [0.1, 0.15) is 56.1 Å². The van der Waals surface area contributed by atoms with Crippen molar-refractivity contribution in [3.8, 4) is 0 Å². The van der Waals surface area contributed by atoms with E-state index >= 15 is 0 Å². The largest absolute Gasteiger partial charge is 0.481 e. The summed E-state index contributed by atoms with van der Waals surface area (Å²) in [4.78, 5) is 26.9. The fourth-order valence-corrected chi connectivity index (χ4v) is 4.99. The van der Waals surface area contributed by atoms with Gasteiger partial charge in [-0.15, -0.1) is 0 Å². The maximum Gasteiger partial charge on any atom is 0.323 e. The topological polar surface area (TPSA) is 90.9 Å². The number of aryl methyl sites for hydroxylation is 1. The minimum atomic E-state index is -0.787. The summed E-state index contributed by atoms with van der Waals surface area (Å²) in [6.45, 7) is 6.35. The average Bonchev–Trinajstić information content (AvgIpc) is 3.66. The second-order valence-corrected chi connectivity index (χ2v) is 9.34. The van der Waals surface area contributed by atoms with Gasteiger partial charge in [-0.05, 0) is 80.7 Å². The Balaban J connectivity index is 1.65. The van der Waals surface area contributed by atoms with Gasteiger partial charge < -0.3 is 25.4 Å². The van der Waals surface area contributed by atoms with Gasteiger partial charge in [-0.25, -0.2) is 4.79 Å². The molecule has 1 unspecified atom stereocenters. The summed E-state index contributed by atoms with van der Waals surface area (Å²) in [5.41, 5.74) is 4.40. The van der Waals surface area contributed by atoms with Crippen LogP contribution in [0.2, 0.25) is 0 Å². The van der Waals surface area contributed by atoms with Gasteiger partial charge in [-0.1, -0.05) is 24.3 Å². The summed E-state index contributed by atoms with van der Waals surface area (Å²) in [7, 11) is 0. The van der Waals surface area contributed by atoms with Crippen LogP contribution in [-0.2, 0) is 9.53 Å². The molecule has 1 saturated carbocycles. The van der Waals surface area contributed by atoms with E-state index < -0.39 is 5.97 Å². The number of carboxylic acids is 1. The van der Waals surface area contributed by atoms with E-state index in [2.05, 4.69) is 28.5 Å². The minimum absolute atomic E-state index is 0.0373. The molecule has 0 spiro atoms. The van der Waals surface area contributed by atoms with Crippen LogP contribution in [0, 0.1) is 12.8 Å². The number of carbonyl (C=O) groups is 2. The Morgan fingerprint density at radius 1 is 1.06 bits per heavy atom. The maximum absolute atomic E-state index is 13.0. The Bertz CT molecular complexity index is 1010. The third kappa shape index (κ3) is 5.89. The molecule has 182 valence electrons. The first-order valence-corrected chi connectivity index (χ1v) is 12.3. The number of para-hydroxylation sites is 1. The first-order valence-electron chi connectivity index (χ1n) is 12.3. The molecule has 2 aromatic rings. The molecular formula is C27H35N3O4. The fourth-order valence-electron chi connectivity index (χ4n) is 4.99. The molecule has 2 aromatic carbocycles. The number of amides is 2. The number of benzene rings is 2. The summed E-state index contributed by atoms with van der Waals surface area (Å²) >= 11 is 0. The van der Waals surface area contributed by atoms with Crippen molar-refractivity contribution in [1.29, 1.82) is 0 Å². The van der Waals surface area contributed by atoms with Crippen LogP contribution in [0.25, 0.3) is 0 Å². The zero-order valence-electron chi connectivity index (χ0n) is 20.0. The standard InChI is InChI=1S/C27H35N3O4/c1-3-30(21-12-14-34-15-13-21)25-11-10-20(22(17-26(31)32)19-8-9-19)16-24(25)29-27(33)28-23-7-5-4-6-18(23)2/h4-7,10-11,16,19,21-22H,3,8-9,12-15,17H2,1-2H3,(H,31,32)(H2,28,29,33). The molecule has 1 heterocycles. The van der Waals surface area contributed by atoms with Gasteiger partial charge in [0.1, 0.15) is 0 Å². The van der Waals surface area contributed by atoms with Crippen molar-refractivity contribution in [3.63, 3.8) is 0 Å². The first kappa shape index (κ1) is 24.1. The van der Waals surface area contributed by atoms with E-state index in [1.54, 1.807) is 0 Å². The highest BCUT2D eigenvalue weighted by molar-refractivity contribution is 6.02. The van der Waals surface area contributed by atoms with E-state index in [4.69, 9.17) is 4.74 Å². The number of hydrogen-bond donors (Lipinski definition) is 3. The maximum atomic E-state index is 13.0. The molecule has 1 aliphatic heterocycles. The lowest BCUT2D eigenvalue weighted by Gasteiger charge is -2.36. The number of hydrogen-bond acceptors (Lipinski definition) is 4. The van der Waals surface area contributed by atoms with Crippen molar-refractivity contribution in [1.82, 2.24) is 0 Å². The molecule has 0 aromatic heterocycles. The highest BCUT2D eigenvalue weighted by atomic mass is 16.5. The lowest BCUT2D eigenvalue weighted by molar-refractivity contribution is -0.137. The second kappa shape index (κ2) is 10.9. The van der Waals surface area contributed by atoms with Crippen molar-refractivity contribution in [2.75, 3.05) is 35.3 Å². The normalized spacial score (nSPS) is 17.1. The van der Waals surface area contributed by atoms with Crippen molar-refractivity contribution < 1.29 is 19.4 Å². The average molecular weight is 466 g/mol. The molecule has 34 heavy (non-hydrogen) atoms. The van der Waals surface area contributed by atoms with E-state index in [9.17, 15) is 14.7 Å². The smallest absolute Gasteiger partial charge is 0.323 e. The van der Waals surface area contributed by atoms with Crippen LogP contribution in [0.15, 0.2) is 42.5 Å². The van der Waals surface area contributed by atoms with Gasteiger partial charge in [-0.2, -0.15) is 0 Å². The molecule has 1 atom stereocenters. The SMILES string of the molecule is CCN(c1ccc(C(CC(=O)O)C2CC2)cc1NC(=O)Nc1ccccc1C)C1CCOCC1. The number of urea groups is 1. The highest BCUT2D eigenvalue weighted by Crippen LogP contribution is 2.46. The summed E-state index contributed by atoms with van der Waals surface area (Å²) in [6.07, 6.45) is 4.09. The van der Waals surface area contributed by atoms with Crippen molar-refractivity contribution in [2.24, 2.45) is 5.92 Å². The minimum Gasteiger partial charge on any atom is -0.481 e. The number of carboxylic acid groups (broad SMARTS) is 1. The first-order chi connectivity index (χ1) is 16.5. The molecular weight excluding hydrogens is 430 g/mol. The lowest BCUT2D eigenvalue weighted by Crippen LogP contribution is -2.40. The molecule has 0 bridgehead atoms. The van der Waals surface area contributed by atoms with Crippen LogP contribution in [0.4, 0.5) is 21.9 Å². The van der Waals surface area contributed by atoms with Crippen molar-refractivity contribution in [2.45, 2.75) is 57.9 Å². The number of anilines is 3. The summed E-state index contributed by atoms with van der Waals surface area (Å²) in [5, 5.41) is 15.5. The fraction of sp³-hybridized carbons (Fsp3) is 0.481. The second-order valence-electron chi connectivity index (χ2n) is 9.34. The van der Waals surface area contributed by atoms with Crippen molar-refractivity contribution >= 4 is 29.1 Å². The van der Waals surface area contributed by atoms with Crippen LogP contribution in [-0.4, -0.2) is 42.9 Å². The van der Waals surface area contributed by atoms with Crippen molar-refractivity contribution in [3.05, 3.63) is 53.6 Å². The molecule has 1 aliphatic carbocycles. The lowest BCUT2D eigenvalue weighted by atomic mass is 9.90. The third-order valence-electron chi connectivity index (χ3n) is 6.96. The van der Waals surface area contributed by atoms with Crippen LogP contribution in [0.3, 0.4) is 0 Å². The predicted octanol–water partition coefficient (Wildman–Crippen LogP) is 5.61. The highest BCUT2D eigenvalue weighted by Gasteiger charge is 2.34.